The van der Waals surface area contributed by atoms with Crippen molar-refractivity contribution < 1.29 is 9.84 Å². The van der Waals surface area contributed by atoms with Gasteiger partial charge in [0.1, 0.15) is 12.4 Å². The highest BCUT2D eigenvalue weighted by Crippen LogP contribution is 2.15. The van der Waals surface area contributed by atoms with Gasteiger partial charge in [0.2, 0.25) is 0 Å². The third-order valence-corrected chi connectivity index (χ3v) is 2.60. The first-order chi connectivity index (χ1) is 8.63. The molecule has 1 aromatic carbocycles. The van der Waals surface area contributed by atoms with Crippen LogP contribution >= 0.6 is 11.6 Å². The fraction of sp³-hybridized carbons (Fsp3) is 0.333. The van der Waals surface area contributed by atoms with Crippen molar-refractivity contribution in [3.63, 3.8) is 0 Å². The molecule has 0 fully saturated rings. The summed E-state index contributed by atoms with van der Waals surface area (Å²) < 4.78 is 7.04. The molecular formula is C12H14ClN3O2. The molecule has 1 heterocycles. The monoisotopic (exact) mass is 267 g/mol. The number of ether oxygens (including phenoxy) is 1. The maximum Gasteiger partial charge on any atom is 0.119 e. The van der Waals surface area contributed by atoms with Gasteiger partial charge < -0.3 is 9.84 Å². The van der Waals surface area contributed by atoms with Crippen LogP contribution in [0.3, 0.4) is 0 Å². The van der Waals surface area contributed by atoms with E-state index < -0.39 is 6.10 Å². The van der Waals surface area contributed by atoms with E-state index in [1.54, 1.807) is 42.2 Å². The van der Waals surface area contributed by atoms with Crippen LogP contribution in [0.2, 0.25) is 5.02 Å². The summed E-state index contributed by atoms with van der Waals surface area (Å²) in [7, 11) is 1.78. The minimum atomic E-state index is -0.614. The highest BCUT2D eigenvalue weighted by Gasteiger charge is 2.09. The number of rotatable bonds is 5. The molecule has 96 valence electrons. The highest BCUT2D eigenvalue weighted by atomic mass is 35.5. The van der Waals surface area contributed by atoms with Crippen molar-refractivity contribution in [3.05, 3.63) is 41.2 Å². The van der Waals surface area contributed by atoms with Crippen LogP contribution in [-0.4, -0.2) is 32.8 Å². The topological polar surface area (TPSA) is 60.2 Å². The quantitative estimate of drug-likeness (QED) is 0.891. The fourth-order valence-electron chi connectivity index (χ4n) is 1.51. The SMILES string of the molecule is Cn1cc(CC(O)COc2ccc(Cl)cc2)nn1. The van der Waals surface area contributed by atoms with E-state index in [0.29, 0.717) is 17.2 Å². The van der Waals surface area contributed by atoms with Crippen molar-refractivity contribution >= 4 is 11.6 Å². The summed E-state index contributed by atoms with van der Waals surface area (Å²) in [5.41, 5.74) is 0.740. The van der Waals surface area contributed by atoms with Crippen molar-refractivity contribution in [1.29, 1.82) is 0 Å². The number of aliphatic hydroxyl groups excluding tert-OH is 1. The Morgan fingerprint density at radius 1 is 1.39 bits per heavy atom. The molecule has 1 aromatic heterocycles. The molecule has 2 aromatic rings. The summed E-state index contributed by atoms with van der Waals surface area (Å²) in [5, 5.41) is 18.2. The van der Waals surface area contributed by atoms with Crippen LogP contribution < -0.4 is 4.74 Å². The molecular weight excluding hydrogens is 254 g/mol. The number of nitrogens with zero attached hydrogens (tertiary/aromatic N) is 3. The predicted octanol–water partition coefficient (Wildman–Crippen LogP) is 1.45. The van der Waals surface area contributed by atoms with Crippen molar-refractivity contribution in [2.45, 2.75) is 12.5 Å². The van der Waals surface area contributed by atoms with Gasteiger partial charge in [-0.3, -0.25) is 4.68 Å². The second-order valence-corrected chi connectivity index (χ2v) is 4.44. The van der Waals surface area contributed by atoms with E-state index >= 15 is 0 Å². The van der Waals surface area contributed by atoms with Gasteiger partial charge in [-0.1, -0.05) is 16.8 Å². The summed E-state index contributed by atoms with van der Waals surface area (Å²) in [5.74, 6) is 0.678. The molecule has 2 rings (SSSR count). The number of hydrogen-bond acceptors (Lipinski definition) is 4. The molecule has 0 saturated carbocycles. The van der Waals surface area contributed by atoms with Crippen LogP contribution in [0.1, 0.15) is 5.69 Å². The molecule has 0 aliphatic carbocycles. The van der Waals surface area contributed by atoms with E-state index in [1.807, 2.05) is 0 Å². The van der Waals surface area contributed by atoms with Crippen LogP contribution in [-0.2, 0) is 13.5 Å². The lowest BCUT2D eigenvalue weighted by molar-refractivity contribution is 0.107. The Balaban J connectivity index is 1.81. The Morgan fingerprint density at radius 2 is 2.11 bits per heavy atom. The molecule has 6 heteroatoms. The zero-order valence-corrected chi connectivity index (χ0v) is 10.7. The molecule has 0 aliphatic heterocycles. The van der Waals surface area contributed by atoms with Crippen LogP contribution in [0, 0.1) is 0 Å². The van der Waals surface area contributed by atoms with Crippen molar-refractivity contribution in [2.24, 2.45) is 7.05 Å². The Hall–Kier alpha value is -1.59. The molecule has 1 unspecified atom stereocenters. The van der Waals surface area contributed by atoms with Gasteiger partial charge in [-0.05, 0) is 24.3 Å². The summed E-state index contributed by atoms with van der Waals surface area (Å²) in [6, 6.07) is 7.01. The Labute approximate surface area is 110 Å². The van der Waals surface area contributed by atoms with E-state index in [1.165, 1.54) is 0 Å². The molecule has 1 N–H and O–H groups in total. The minimum Gasteiger partial charge on any atom is -0.491 e. The molecule has 0 saturated heterocycles. The molecule has 0 bridgehead atoms. The van der Waals surface area contributed by atoms with Gasteiger partial charge in [0.25, 0.3) is 0 Å². The van der Waals surface area contributed by atoms with Crippen LogP contribution in [0.4, 0.5) is 0 Å². The lowest BCUT2D eigenvalue weighted by atomic mass is 10.2. The number of aromatic nitrogens is 3. The molecule has 18 heavy (non-hydrogen) atoms. The number of aryl methyl sites for hydroxylation is 1. The van der Waals surface area contributed by atoms with Gasteiger partial charge in [-0.15, -0.1) is 5.10 Å². The average molecular weight is 268 g/mol. The molecule has 1 atom stereocenters. The third-order valence-electron chi connectivity index (χ3n) is 2.35. The highest BCUT2D eigenvalue weighted by molar-refractivity contribution is 6.30. The Kier molecular flexibility index (Phi) is 4.17. The Bertz CT molecular complexity index is 498. The van der Waals surface area contributed by atoms with E-state index in [-0.39, 0.29) is 6.61 Å². The number of aliphatic hydroxyl groups is 1. The number of benzene rings is 1. The molecule has 0 amide bonds. The normalized spacial score (nSPS) is 12.4. The second-order valence-electron chi connectivity index (χ2n) is 4.01. The summed E-state index contributed by atoms with van der Waals surface area (Å²) >= 11 is 5.76. The largest absolute Gasteiger partial charge is 0.491 e. The van der Waals surface area contributed by atoms with Crippen molar-refractivity contribution in [2.75, 3.05) is 6.61 Å². The molecule has 5 nitrogen and oxygen atoms in total. The van der Waals surface area contributed by atoms with Gasteiger partial charge in [0.05, 0.1) is 11.8 Å². The average Bonchev–Trinajstić information content (AvgIpc) is 2.74. The third kappa shape index (κ3) is 3.72. The van der Waals surface area contributed by atoms with Crippen LogP contribution in [0.5, 0.6) is 5.75 Å². The molecule has 0 radical (unpaired) electrons. The van der Waals surface area contributed by atoms with Gasteiger partial charge in [0, 0.05) is 24.7 Å². The van der Waals surface area contributed by atoms with E-state index in [4.69, 9.17) is 16.3 Å². The molecule has 0 aliphatic rings. The maximum atomic E-state index is 9.80. The lowest BCUT2D eigenvalue weighted by Gasteiger charge is -2.10. The number of halogens is 1. The molecule has 0 spiro atoms. The van der Waals surface area contributed by atoms with Gasteiger partial charge in [0.15, 0.2) is 0 Å². The first-order valence-electron chi connectivity index (χ1n) is 5.55. The van der Waals surface area contributed by atoms with Crippen molar-refractivity contribution in [1.82, 2.24) is 15.0 Å². The van der Waals surface area contributed by atoms with E-state index in [0.717, 1.165) is 5.69 Å². The summed E-state index contributed by atoms with van der Waals surface area (Å²) in [6.45, 7) is 0.207. The number of hydrogen-bond donors (Lipinski definition) is 1. The van der Waals surface area contributed by atoms with Crippen LogP contribution in [0.25, 0.3) is 0 Å². The Morgan fingerprint density at radius 3 is 2.72 bits per heavy atom. The van der Waals surface area contributed by atoms with E-state index in [9.17, 15) is 5.11 Å². The maximum absolute atomic E-state index is 9.80. The fourth-order valence-corrected chi connectivity index (χ4v) is 1.64. The van der Waals surface area contributed by atoms with Gasteiger partial charge in [-0.2, -0.15) is 0 Å². The van der Waals surface area contributed by atoms with E-state index in [2.05, 4.69) is 10.3 Å². The summed E-state index contributed by atoms with van der Waals surface area (Å²) in [6.07, 6.45) is 1.57. The zero-order chi connectivity index (χ0) is 13.0. The second kappa shape index (κ2) is 5.84. The minimum absolute atomic E-state index is 0.207. The smallest absolute Gasteiger partial charge is 0.119 e. The zero-order valence-electron chi connectivity index (χ0n) is 9.95. The summed E-state index contributed by atoms with van der Waals surface area (Å²) in [4.78, 5) is 0. The van der Waals surface area contributed by atoms with Crippen LogP contribution in [0.15, 0.2) is 30.5 Å². The predicted molar refractivity (Wildman–Crippen MR) is 67.7 cm³/mol. The van der Waals surface area contributed by atoms with Crippen molar-refractivity contribution in [3.8, 4) is 5.75 Å². The standard InChI is InChI=1S/C12H14ClN3O2/c1-16-7-10(14-15-16)6-11(17)8-18-12-4-2-9(13)3-5-12/h2-5,7,11,17H,6,8H2,1H3. The lowest BCUT2D eigenvalue weighted by Crippen LogP contribution is -2.20. The van der Waals surface area contributed by atoms with Gasteiger partial charge >= 0.3 is 0 Å². The first kappa shape index (κ1) is 12.9. The first-order valence-corrected chi connectivity index (χ1v) is 5.93. The van der Waals surface area contributed by atoms with Gasteiger partial charge in [-0.25, -0.2) is 0 Å².